The molecule has 12 rings (SSSR count). The summed E-state index contributed by atoms with van der Waals surface area (Å²) in [5.74, 6) is 0. The number of nitrogens with zero attached hydrogens (tertiary/aromatic N) is 1. The zero-order chi connectivity index (χ0) is 64.6. The highest BCUT2D eigenvalue weighted by Crippen LogP contribution is 2.49. The third-order valence-electron chi connectivity index (χ3n) is 9.51. The van der Waals surface area contributed by atoms with Crippen LogP contribution in [-0.4, -0.2) is 0 Å². The number of anilines is 3. The van der Waals surface area contributed by atoms with E-state index >= 15 is 0 Å². The van der Waals surface area contributed by atoms with Gasteiger partial charge in [0.05, 0.1) is 45.4 Å². The molecule has 0 unspecified atom stereocenters. The van der Waals surface area contributed by atoms with Gasteiger partial charge in [0.25, 0.3) is 0 Å². The van der Waals surface area contributed by atoms with Crippen molar-refractivity contribution >= 4 is 71.7 Å². The van der Waals surface area contributed by atoms with E-state index in [4.69, 9.17) is 29.4 Å². The lowest BCUT2D eigenvalue weighted by atomic mass is 9.95. The lowest BCUT2D eigenvalue weighted by molar-refractivity contribution is 0.665. The Hall–Kier alpha value is -7.36. The third kappa shape index (κ3) is 4.92. The summed E-state index contributed by atoms with van der Waals surface area (Å²) in [6.07, 6.45) is -3.02. The highest BCUT2D eigenvalue weighted by atomic mass is 16.3. The van der Waals surface area contributed by atoms with E-state index in [2.05, 4.69) is 0 Å². The topological polar surface area (TPSA) is 29.5 Å². The second-order valence-electron chi connectivity index (χ2n) is 12.7. The minimum atomic E-state index is -3.02. The Kier molecular flexibility index (Phi) is 3.02. The summed E-state index contributed by atoms with van der Waals surface area (Å²) in [6, 6.07) is -25.9. The van der Waals surface area contributed by atoms with Crippen LogP contribution >= 0.6 is 0 Å². The van der Waals surface area contributed by atoms with Gasteiger partial charge in [-0.3, -0.25) is 0 Å². The average Bonchev–Trinajstić information content (AvgIpc) is 1.73. The van der Waals surface area contributed by atoms with Gasteiger partial charge in [0.1, 0.15) is 16.7 Å². The van der Waals surface area contributed by atoms with Crippen molar-refractivity contribution in [2.45, 2.75) is 13.3 Å². The second kappa shape index (κ2) is 12.3. The van der Waals surface area contributed by atoms with Gasteiger partial charge in [-0.15, -0.1) is 0 Å². The summed E-state index contributed by atoms with van der Waals surface area (Å²) in [5.41, 5.74) is -10.8. The first-order valence-corrected chi connectivity index (χ1v) is 17.1. The van der Waals surface area contributed by atoms with E-state index in [0.717, 1.165) is 6.07 Å². The number of hydrogen-bond donors (Lipinski definition) is 0. The zero-order valence-corrected chi connectivity index (χ0v) is 28.8. The Morgan fingerprint density at radius 2 is 1.26 bits per heavy atom. The van der Waals surface area contributed by atoms with Crippen molar-refractivity contribution in [3.05, 3.63) is 198 Å². The number of para-hydroxylation sites is 2. The molecular weight excluding hydrogens is 695 g/mol. The maximum absolute atomic E-state index is 10.0. The molecule has 2 heterocycles. The Labute approximate surface area is 373 Å². The molecule has 0 aliphatic heterocycles. The predicted molar refractivity (Wildman–Crippen MR) is 237 cm³/mol. The van der Waals surface area contributed by atoms with Gasteiger partial charge in [-0.05, 0) is 117 Å². The molecule has 268 valence electrons. The number of benzene rings is 9. The fraction of sp³-hybridized carbons (Fsp3) is 0.0370. The minimum absolute atomic E-state index is 0.0756. The van der Waals surface area contributed by atoms with Crippen LogP contribution in [0.2, 0.25) is 0 Å². The molecule has 0 spiro atoms. The standard InChI is InChI=1S/C54H35NO2/c1-33-11-9-16-38-30-40-31-42(27-28-43(40)50(33)38)55(41-25-23-36(24-26-41)34-12-3-2-4-13-34)47-19-10-18-44-46-32-49-52(45-17-7-8-20-48(45)56-49)51(54(46)57-53(44)47)39-22-21-35-14-5-6-15-37(35)29-39/h2-29,31-32H,30H2,1H3/i2D,3D,4D,5D,6D,7D,8D,9D,10D,11D,12D,13D,14D,15D,16D,17D,18D,19D,20D,21D,22D,23D,24D,25D,26D,28D,29D,30D2,31D,32D. The molecule has 0 fully saturated rings. The van der Waals surface area contributed by atoms with Gasteiger partial charge < -0.3 is 13.7 Å². The quantitative estimate of drug-likeness (QED) is 0.175. The van der Waals surface area contributed by atoms with Gasteiger partial charge >= 0.3 is 0 Å². The van der Waals surface area contributed by atoms with E-state index in [1.807, 2.05) is 0 Å². The maximum Gasteiger partial charge on any atom is 0.159 e. The molecular formula is C54H35NO2. The molecule has 0 bridgehead atoms. The van der Waals surface area contributed by atoms with Crippen molar-refractivity contribution in [3.8, 4) is 33.4 Å². The molecule has 3 heteroatoms. The van der Waals surface area contributed by atoms with Gasteiger partial charge in [-0.2, -0.15) is 0 Å². The molecule has 0 saturated heterocycles. The Morgan fingerprint density at radius 3 is 2.16 bits per heavy atom. The minimum Gasteiger partial charge on any atom is -0.456 e. The van der Waals surface area contributed by atoms with Crippen LogP contribution in [0.25, 0.3) is 88.0 Å². The van der Waals surface area contributed by atoms with Crippen molar-refractivity contribution in [2.24, 2.45) is 0 Å². The first kappa shape index (κ1) is 14.0. The fourth-order valence-electron chi connectivity index (χ4n) is 7.05. The Morgan fingerprint density at radius 1 is 0.509 bits per heavy atom. The molecule has 3 nitrogen and oxygen atoms in total. The average molecular weight is 761 g/mol. The van der Waals surface area contributed by atoms with E-state index in [1.165, 1.54) is 6.92 Å². The largest absolute Gasteiger partial charge is 0.456 e. The molecule has 11 aromatic rings. The predicted octanol–water partition coefficient (Wildman–Crippen LogP) is 15.3. The fourth-order valence-corrected chi connectivity index (χ4v) is 7.05. The van der Waals surface area contributed by atoms with Gasteiger partial charge in [-0.25, -0.2) is 0 Å². The molecule has 1 aliphatic rings. The van der Waals surface area contributed by atoms with Crippen molar-refractivity contribution in [1.29, 1.82) is 0 Å². The molecule has 0 amide bonds. The smallest absolute Gasteiger partial charge is 0.159 e. The van der Waals surface area contributed by atoms with Crippen LogP contribution in [0.5, 0.6) is 0 Å². The van der Waals surface area contributed by atoms with Gasteiger partial charge in [-0.1, -0.05) is 133 Å². The van der Waals surface area contributed by atoms with Crippen LogP contribution in [0.1, 0.15) is 59.2 Å². The lowest BCUT2D eigenvalue weighted by Crippen LogP contribution is -2.10. The van der Waals surface area contributed by atoms with Crippen molar-refractivity contribution in [2.75, 3.05) is 4.90 Å². The monoisotopic (exact) mass is 760 g/mol. The molecule has 0 N–H and O–H groups in total. The van der Waals surface area contributed by atoms with Crippen molar-refractivity contribution in [3.63, 3.8) is 0 Å². The van der Waals surface area contributed by atoms with Crippen LogP contribution in [0.4, 0.5) is 17.1 Å². The number of furan rings is 2. The first-order valence-electron chi connectivity index (χ1n) is 32.6. The van der Waals surface area contributed by atoms with E-state index < -0.39 is 287 Å². The van der Waals surface area contributed by atoms with Crippen molar-refractivity contribution in [1.82, 2.24) is 0 Å². The number of rotatable bonds is 5. The van der Waals surface area contributed by atoms with Gasteiger partial charge in [0.2, 0.25) is 0 Å². The Bertz CT molecular complexity index is 5140. The molecule has 57 heavy (non-hydrogen) atoms. The molecule has 2 aromatic heterocycles. The summed E-state index contributed by atoms with van der Waals surface area (Å²) in [6.45, 7) is 1.33. The lowest BCUT2D eigenvalue weighted by Gasteiger charge is -2.26. The second-order valence-corrected chi connectivity index (χ2v) is 12.7. The van der Waals surface area contributed by atoms with E-state index in [0.29, 0.717) is 4.90 Å². The molecule has 0 atom stereocenters. The van der Waals surface area contributed by atoms with E-state index in [-0.39, 0.29) is 16.7 Å². The van der Waals surface area contributed by atoms with Crippen LogP contribution in [0, 0.1) is 6.92 Å². The summed E-state index contributed by atoms with van der Waals surface area (Å²) in [4.78, 5) is 0.566. The Balaban J connectivity index is 1.33. The normalized spacial score (nSPS) is 20.8. The van der Waals surface area contributed by atoms with Gasteiger partial charge in [0.15, 0.2) is 5.58 Å². The van der Waals surface area contributed by atoms with E-state index in [9.17, 15) is 21.9 Å². The summed E-state index contributed by atoms with van der Waals surface area (Å²) in [5, 5.41) is -3.66. The summed E-state index contributed by atoms with van der Waals surface area (Å²) >= 11 is 0. The van der Waals surface area contributed by atoms with Crippen LogP contribution < -0.4 is 4.90 Å². The highest BCUT2D eigenvalue weighted by Gasteiger charge is 2.26. The van der Waals surface area contributed by atoms with E-state index in [1.54, 1.807) is 0 Å². The molecule has 1 aliphatic carbocycles. The highest BCUT2D eigenvalue weighted by molar-refractivity contribution is 6.24. The summed E-state index contributed by atoms with van der Waals surface area (Å²) < 4.78 is 296. The summed E-state index contributed by atoms with van der Waals surface area (Å²) in [7, 11) is 0. The van der Waals surface area contributed by atoms with Crippen LogP contribution in [0.15, 0.2) is 190 Å². The maximum atomic E-state index is 10.0. The van der Waals surface area contributed by atoms with Crippen LogP contribution in [0.3, 0.4) is 0 Å². The number of fused-ring (bicyclic) bond motifs is 10. The molecule has 0 radical (unpaired) electrons. The first-order chi connectivity index (χ1) is 41.0. The van der Waals surface area contributed by atoms with Crippen LogP contribution in [-0.2, 0) is 6.37 Å². The van der Waals surface area contributed by atoms with Gasteiger partial charge in [0, 0.05) is 41.2 Å². The third-order valence-corrected chi connectivity index (χ3v) is 9.51. The van der Waals surface area contributed by atoms with Crippen molar-refractivity contribution < 1.29 is 51.3 Å². The SMILES string of the molecule is [2H]c1cc(N(c2c([2H])c([2H])c(-c3c([2H])c([2H])c([2H])c([2H])c3[2H])c([2H])c2[2H])c2c([2H])c([2H])c([2H])c3c2oc2c(-c4c([2H])c([2H])c5c([2H])c([2H])c([2H])c([2H])c5c4[2H])c4c(oc5c([2H])c([2H])c([2H])c([2H])c54)c([2H])c23)c([2H])c2c1-c1c(C)c([2H])c([2H])c([2H])c1C2([2H])[2H]. The zero-order valence-electron chi connectivity index (χ0n) is 59.8. The number of hydrogen-bond acceptors (Lipinski definition) is 3. The molecule has 9 aromatic carbocycles. The molecule has 0 saturated carbocycles.